The van der Waals surface area contributed by atoms with Crippen LogP contribution in [0.1, 0.15) is 64.5 Å². The van der Waals surface area contributed by atoms with E-state index in [1.807, 2.05) is 29.4 Å². The Morgan fingerprint density at radius 2 is 1.88 bits per heavy atom. The van der Waals surface area contributed by atoms with E-state index in [1.165, 1.54) is 17.3 Å². The van der Waals surface area contributed by atoms with Crippen LogP contribution in [0.4, 0.5) is 0 Å². The average Bonchev–Trinajstić information content (AvgIpc) is 3.28. The molecule has 1 saturated heterocycles. The van der Waals surface area contributed by atoms with E-state index in [0.29, 0.717) is 12.0 Å². The van der Waals surface area contributed by atoms with Gasteiger partial charge in [0.25, 0.3) is 0 Å². The molecule has 1 aromatic heterocycles. The summed E-state index contributed by atoms with van der Waals surface area (Å²) in [7, 11) is 0. The van der Waals surface area contributed by atoms with Crippen LogP contribution in [-0.2, 0) is 4.79 Å². The van der Waals surface area contributed by atoms with Crippen molar-refractivity contribution in [1.82, 2.24) is 20.0 Å². The van der Waals surface area contributed by atoms with Crippen molar-refractivity contribution < 1.29 is 4.79 Å². The number of nitrogens with one attached hydrogen (secondary N) is 1. The lowest BCUT2D eigenvalue weighted by atomic mass is 10.0. The topological polar surface area (TPSA) is 50.2 Å². The maximum absolute atomic E-state index is 13.2. The van der Waals surface area contributed by atoms with Gasteiger partial charge in [0.2, 0.25) is 5.91 Å². The molecule has 2 aromatic rings. The molecule has 6 heteroatoms. The van der Waals surface area contributed by atoms with Crippen LogP contribution in [0.15, 0.2) is 54.2 Å². The first-order chi connectivity index (χ1) is 15.3. The van der Waals surface area contributed by atoms with Gasteiger partial charge >= 0.3 is 0 Å². The van der Waals surface area contributed by atoms with E-state index in [-0.39, 0.29) is 11.9 Å². The summed E-state index contributed by atoms with van der Waals surface area (Å²) in [5, 5.41) is 9.80. The summed E-state index contributed by atoms with van der Waals surface area (Å²) in [6, 6.07) is 8.96. The lowest BCUT2D eigenvalue weighted by Gasteiger charge is -2.37. The second-order valence-electron chi connectivity index (χ2n) is 9.05. The quantitative estimate of drug-likeness (QED) is 0.530. The molecule has 1 amide bonds. The van der Waals surface area contributed by atoms with Crippen LogP contribution in [0.25, 0.3) is 10.6 Å². The van der Waals surface area contributed by atoms with Gasteiger partial charge in [0, 0.05) is 34.3 Å². The fraction of sp³-hybridized carbons (Fsp3) is 0.462. The van der Waals surface area contributed by atoms with Gasteiger partial charge in [-0.1, -0.05) is 44.3 Å². The van der Waals surface area contributed by atoms with E-state index in [4.69, 9.17) is 0 Å². The third kappa shape index (κ3) is 5.93. The number of thioether (sulfide) groups is 1. The van der Waals surface area contributed by atoms with Gasteiger partial charge in [-0.2, -0.15) is 5.10 Å². The van der Waals surface area contributed by atoms with Crippen molar-refractivity contribution in [2.24, 2.45) is 0 Å². The highest BCUT2D eigenvalue weighted by Crippen LogP contribution is 2.29. The number of rotatable bonds is 8. The summed E-state index contributed by atoms with van der Waals surface area (Å²) in [5.41, 5.74) is 4.04. The van der Waals surface area contributed by atoms with Crippen LogP contribution in [0, 0.1) is 0 Å². The van der Waals surface area contributed by atoms with Gasteiger partial charge in [-0.15, -0.1) is 0 Å². The molecule has 0 atom stereocenters. The molecule has 0 unspecified atom stereocenters. The number of benzene rings is 1. The van der Waals surface area contributed by atoms with Gasteiger partial charge in [0.05, 0.1) is 11.9 Å². The molecule has 0 saturated carbocycles. The molecule has 0 spiro atoms. The number of hydrogen-bond donors (Lipinski definition) is 1. The zero-order valence-corrected chi connectivity index (χ0v) is 20.8. The SMILES string of the molecule is C=C(S/C=C(\C)C(=O)N(C(C)C)C1CCNCC1)c1cnn(-c2ccc(C(C)C)cc2)c1. The molecule has 172 valence electrons. The van der Waals surface area contributed by atoms with Crippen molar-refractivity contribution >= 4 is 22.6 Å². The molecule has 0 radical (unpaired) electrons. The van der Waals surface area contributed by atoms with Crippen LogP contribution in [0.2, 0.25) is 0 Å². The summed E-state index contributed by atoms with van der Waals surface area (Å²) in [4.78, 5) is 16.1. The molecule has 1 fully saturated rings. The van der Waals surface area contributed by atoms with Crippen LogP contribution >= 0.6 is 11.8 Å². The zero-order chi connectivity index (χ0) is 23.3. The van der Waals surface area contributed by atoms with Crippen molar-refractivity contribution in [3.05, 3.63) is 65.3 Å². The minimum atomic E-state index is 0.119. The minimum absolute atomic E-state index is 0.119. The Morgan fingerprint density at radius 3 is 2.47 bits per heavy atom. The van der Waals surface area contributed by atoms with Crippen molar-refractivity contribution in [3.8, 4) is 5.69 Å². The van der Waals surface area contributed by atoms with E-state index < -0.39 is 0 Å². The van der Waals surface area contributed by atoms with E-state index in [9.17, 15) is 4.79 Å². The van der Waals surface area contributed by atoms with Crippen molar-refractivity contribution in [2.45, 2.75) is 65.5 Å². The molecule has 0 aliphatic carbocycles. The number of carbonyl (C=O) groups is 1. The number of carbonyl (C=O) groups excluding carboxylic acids is 1. The number of nitrogens with zero attached hydrogens (tertiary/aromatic N) is 3. The maximum atomic E-state index is 13.2. The van der Waals surface area contributed by atoms with Gasteiger partial charge in [-0.25, -0.2) is 4.68 Å². The first-order valence-corrected chi connectivity index (χ1v) is 12.4. The Kier molecular flexibility index (Phi) is 8.38. The second kappa shape index (κ2) is 11.0. The molecule has 5 nitrogen and oxygen atoms in total. The van der Waals surface area contributed by atoms with Crippen LogP contribution in [0.5, 0.6) is 0 Å². The fourth-order valence-electron chi connectivity index (χ4n) is 4.01. The van der Waals surface area contributed by atoms with E-state index in [0.717, 1.165) is 47.7 Å². The molecule has 1 aliphatic heterocycles. The number of amides is 1. The van der Waals surface area contributed by atoms with E-state index in [1.54, 1.807) is 0 Å². The smallest absolute Gasteiger partial charge is 0.250 e. The summed E-state index contributed by atoms with van der Waals surface area (Å²) in [6.45, 7) is 16.6. The van der Waals surface area contributed by atoms with Gasteiger partial charge in [0.15, 0.2) is 0 Å². The minimum Gasteiger partial charge on any atom is -0.333 e. The summed E-state index contributed by atoms with van der Waals surface area (Å²) in [6.07, 6.45) is 5.83. The summed E-state index contributed by atoms with van der Waals surface area (Å²) >= 11 is 1.49. The number of hydrogen-bond acceptors (Lipinski definition) is 4. The molecular weight excluding hydrogens is 416 g/mol. The van der Waals surface area contributed by atoms with Crippen LogP contribution in [-0.4, -0.2) is 45.8 Å². The van der Waals surface area contributed by atoms with E-state index in [2.05, 4.69) is 73.9 Å². The van der Waals surface area contributed by atoms with Crippen molar-refractivity contribution in [3.63, 3.8) is 0 Å². The lowest BCUT2D eigenvalue weighted by Crippen LogP contribution is -2.49. The number of aromatic nitrogens is 2. The van der Waals surface area contributed by atoms with Crippen molar-refractivity contribution in [1.29, 1.82) is 0 Å². The summed E-state index contributed by atoms with van der Waals surface area (Å²) in [5.74, 6) is 0.626. The Morgan fingerprint density at radius 1 is 1.22 bits per heavy atom. The highest BCUT2D eigenvalue weighted by Gasteiger charge is 2.28. The predicted octanol–water partition coefficient (Wildman–Crippen LogP) is 5.59. The summed E-state index contributed by atoms with van der Waals surface area (Å²) < 4.78 is 1.87. The average molecular weight is 453 g/mol. The third-order valence-electron chi connectivity index (χ3n) is 5.94. The van der Waals surface area contributed by atoms with Crippen LogP contribution < -0.4 is 5.32 Å². The number of piperidine rings is 1. The Labute approximate surface area is 197 Å². The Balaban J connectivity index is 1.65. The monoisotopic (exact) mass is 452 g/mol. The Hall–Kier alpha value is -2.31. The highest BCUT2D eigenvalue weighted by atomic mass is 32.2. The lowest BCUT2D eigenvalue weighted by molar-refractivity contribution is -0.131. The molecule has 1 aromatic carbocycles. The van der Waals surface area contributed by atoms with Crippen LogP contribution in [0.3, 0.4) is 0 Å². The fourth-order valence-corrected chi connectivity index (χ4v) is 4.67. The molecule has 2 heterocycles. The van der Waals surface area contributed by atoms with Gasteiger partial charge in [-0.3, -0.25) is 4.79 Å². The maximum Gasteiger partial charge on any atom is 0.250 e. The van der Waals surface area contributed by atoms with Gasteiger partial charge < -0.3 is 10.2 Å². The van der Waals surface area contributed by atoms with Gasteiger partial charge in [-0.05, 0) is 75.7 Å². The second-order valence-corrected chi connectivity index (χ2v) is 10.0. The van der Waals surface area contributed by atoms with E-state index >= 15 is 0 Å². The first kappa shape index (κ1) is 24.3. The molecular formula is C26H36N4OS. The third-order valence-corrected chi connectivity index (χ3v) is 6.93. The normalized spacial score (nSPS) is 15.4. The molecule has 1 aliphatic rings. The zero-order valence-electron chi connectivity index (χ0n) is 20.0. The molecule has 3 rings (SSSR count). The molecule has 1 N–H and O–H groups in total. The molecule has 32 heavy (non-hydrogen) atoms. The standard InChI is InChI=1S/C26H36N4OS/c1-18(2)22-7-9-24(10-8-22)29-16-23(15-28-29)21(6)32-17-20(5)26(31)30(19(3)4)25-11-13-27-14-12-25/h7-10,15-19,25,27H,6,11-14H2,1-5H3/b20-17+. The molecule has 0 bridgehead atoms. The predicted molar refractivity (Wildman–Crippen MR) is 136 cm³/mol. The highest BCUT2D eigenvalue weighted by molar-refractivity contribution is 8.10. The van der Waals surface area contributed by atoms with Crippen molar-refractivity contribution in [2.75, 3.05) is 13.1 Å². The van der Waals surface area contributed by atoms with Gasteiger partial charge in [0.1, 0.15) is 0 Å². The Bertz CT molecular complexity index is 952. The largest absolute Gasteiger partial charge is 0.333 e. The first-order valence-electron chi connectivity index (χ1n) is 11.5.